The second-order valence-corrected chi connectivity index (χ2v) is 8.61. The summed E-state index contributed by atoms with van der Waals surface area (Å²) in [6.07, 6.45) is 1.73. The number of hydrogen-bond acceptors (Lipinski definition) is 4. The van der Waals surface area contributed by atoms with Crippen LogP contribution in [0.1, 0.15) is 25.2 Å². The molecule has 1 N–H and O–H groups in total. The molecule has 0 radical (unpaired) electrons. The van der Waals surface area contributed by atoms with E-state index in [1.54, 1.807) is 12.1 Å². The predicted molar refractivity (Wildman–Crippen MR) is 120 cm³/mol. The predicted octanol–water partition coefficient (Wildman–Crippen LogP) is 5.10. The van der Waals surface area contributed by atoms with Gasteiger partial charge in [-0.3, -0.25) is 4.79 Å². The SMILES string of the molecule is CC(C)Cn1c(CCc2ccccc2)nnc1SCC(=O)Nc1cccc(Cl)c1. The van der Waals surface area contributed by atoms with Crippen LogP contribution in [0.2, 0.25) is 5.02 Å². The summed E-state index contributed by atoms with van der Waals surface area (Å²) in [6.45, 7) is 5.16. The van der Waals surface area contributed by atoms with E-state index in [0.29, 0.717) is 16.6 Å². The van der Waals surface area contributed by atoms with Crippen LogP contribution in [0.3, 0.4) is 0 Å². The third-order valence-electron chi connectivity index (χ3n) is 4.26. The second kappa shape index (κ2) is 10.5. The molecule has 0 aliphatic heterocycles. The Morgan fingerprint density at radius 2 is 1.90 bits per heavy atom. The number of hydrogen-bond donors (Lipinski definition) is 1. The van der Waals surface area contributed by atoms with Gasteiger partial charge in [0.2, 0.25) is 5.91 Å². The zero-order chi connectivity index (χ0) is 20.6. The van der Waals surface area contributed by atoms with E-state index in [9.17, 15) is 4.79 Å². The summed E-state index contributed by atoms with van der Waals surface area (Å²) in [5, 5.41) is 13.0. The molecule has 0 saturated heterocycles. The molecule has 152 valence electrons. The van der Waals surface area contributed by atoms with Crippen molar-refractivity contribution in [2.45, 2.75) is 38.4 Å². The van der Waals surface area contributed by atoms with Crippen molar-refractivity contribution in [2.75, 3.05) is 11.1 Å². The number of rotatable bonds is 9. The molecule has 2 aromatic carbocycles. The Morgan fingerprint density at radius 1 is 1.10 bits per heavy atom. The average molecular weight is 429 g/mol. The third-order valence-corrected chi connectivity index (χ3v) is 5.46. The fourth-order valence-electron chi connectivity index (χ4n) is 2.95. The highest BCUT2D eigenvalue weighted by molar-refractivity contribution is 7.99. The molecule has 5 nitrogen and oxygen atoms in total. The Labute approximate surface area is 180 Å². The molecule has 0 aliphatic carbocycles. The van der Waals surface area contributed by atoms with E-state index in [0.717, 1.165) is 30.4 Å². The monoisotopic (exact) mass is 428 g/mol. The highest BCUT2D eigenvalue weighted by Gasteiger charge is 2.15. The molecule has 1 amide bonds. The van der Waals surface area contributed by atoms with E-state index in [1.807, 2.05) is 30.3 Å². The summed E-state index contributed by atoms with van der Waals surface area (Å²) < 4.78 is 2.14. The van der Waals surface area contributed by atoms with Crippen LogP contribution in [0.25, 0.3) is 0 Å². The van der Waals surface area contributed by atoms with Gasteiger partial charge in [-0.15, -0.1) is 10.2 Å². The van der Waals surface area contributed by atoms with Gasteiger partial charge in [-0.1, -0.05) is 73.6 Å². The second-order valence-electron chi connectivity index (χ2n) is 7.24. The summed E-state index contributed by atoms with van der Waals surface area (Å²) in [5.41, 5.74) is 1.97. The van der Waals surface area contributed by atoms with Crippen LogP contribution in [0, 0.1) is 5.92 Å². The Morgan fingerprint density at radius 3 is 2.62 bits per heavy atom. The number of thioether (sulfide) groups is 1. The zero-order valence-electron chi connectivity index (χ0n) is 16.6. The zero-order valence-corrected chi connectivity index (χ0v) is 18.2. The summed E-state index contributed by atoms with van der Waals surface area (Å²) >= 11 is 7.38. The maximum atomic E-state index is 12.3. The minimum atomic E-state index is -0.0952. The van der Waals surface area contributed by atoms with Gasteiger partial charge in [0.25, 0.3) is 0 Å². The number of aromatic nitrogens is 3. The fraction of sp³-hybridized carbons (Fsp3) is 0.318. The maximum absolute atomic E-state index is 12.3. The van der Waals surface area contributed by atoms with Crippen molar-refractivity contribution in [2.24, 2.45) is 5.92 Å². The fourth-order valence-corrected chi connectivity index (χ4v) is 3.91. The van der Waals surface area contributed by atoms with Gasteiger partial charge in [0.05, 0.1) is 5.75 Å². The first-order valence-electron chi connectivity index (χ1n) is 9.65. The normalized spacial score (nSPS) is 11.0. The molecule has 0 spiro atoms. The molecular weight excluding hydrogens is 404 g/mol. The van der Waals surface area contributed by atoms with Crippen molar-refractivity contribution in [3.8, 4) is 0 Å². The highest BCUT2D eigenvalue weighted by Crippen LogP contribution is 2.21. The van der Waals surface area contributed by atoms with Crippen LogP contribution in [0.5, 0.6) is 0 Å². The number of amides is 1. The molecule has 3 rings (SSSR count). The lowest BCUT2D eigenvalue weighted by atomic mass is 10.1. The molecule has 7 heteroatoms. The number of halogens is 1. The molecule has 0 aliphatic rings. The number of aryl methyl sites for hydroxylation is 2. The molecule has 0 unspecified atom stereocenters. The van der Waals surface area contributed by atoms with E-state index in [-0.39, 0.29) is 11.7 Å². The molecule has 1 aromatic heterocycles. The third kappa shape index (κ3) is 6.61. The first-order chi connectivity index (χ1) is 14.0. The number of benzene rings is 2. The number of nitrogens with zero attached hydrogens (tertiary/aromatic N) is 3. The molecule has 0 atom stereocenters. The van der Waals surface area contributed by atoms with Gasteiger partial charge in [0, 0.05) is 23.7 Å². The number of nitrogens with one attached hydrogen (secondary N) is 1. The topological polar surface area (TPSA) is 59.8 Å². The lowest BCUT2D eigenvalue weighted by molar-refractivity contribution is -0.113. The molecule has 1 heterocycles. The van der Waals surface area contributed by atoms with Gasteiger partial charge in [-0.2, -0.15) is 0 Å². The standard InChI is InChI=1S/C22H25ClN4OS/c1-16(2)14-27-20(12-11-17-7-4-3-5-8-17)25-26-22(27)29-15-21(28)24-19-10-6-9-18(23)13-19/h3-10,13,16H,11-12,14-15H2,1-2H3,(H,24,28). The molecule has 3 aromatic rings. The minimum Gasteiger partial charge on any atom is -0.325 e. The maximum Gasteiger partial charge on any atom is 0.234 e. The summed E-state index contributed by atoms with van der Waals surface area (Å²) in [7, 11) is 0. The van der Waals surface area contributed by atoms with Crippen molar-refractivity contribution in [1.82, 2.24) is 14.8 Å². The van der Waals surface area contributed by atoms with Gasteiger partial charge in [-0.05, 0) is 36.1 Å². The number of carbonyl (C=O) groups is 1. The molecule has 0 saturated carbocycles. The Kier molecular flexibility index (Phi) is 7.72. The van der Waals surface area contributed by atoms with E-state index in [2.05, 4.69) is 46.1 Å². The highest BCUT2D eigenvalue weighted by atomic mass is 35.5. The van der Waals surface area contributed by atoms with E-state index >= 15 is 0 Å². The van der Waals surface area contributed by atoms with Crippen molar-refractivity contribution in [3.63, 3.8) is 0 Å². The lowest BCUT2D eigenvalue weighted by Crippen LogP contribution is -2.15. The van der Waals surface area contributed by atoms with Crippen LogP contribution in [0.4, 0.5) is 5.69 Å². The van der Waals surface area contributed by atoms with Gasteiger partial charge < -0.3 is 9.88 Å². The van der Waals surface area contributed by atoms with Crippen LogP contribution in [-0.4, -0.2) is 26.4 Å². The van der Waals surface area contributed by atoms with Crippen molar-refractivity contribution >= 4 is 35.0 Å². The van der Waals surface area contributed by atoms with E-state index in [4.69, 9.17) is 11.6 Å². The van der Waals surface area contributed by atoms with Crippen LogP contribution < -0.4 is 5.32 Å². The summed E-state index contributed by atoms with van der Waals surface area (Å²) in [6, 6.07) is 17.5. The summed E-state index contributed by atoms with van der Waals surface area (Å²) in [4.78, 5) is 12.3. The molecule has 29 heavy (non-hydrogen) atoms. The largest absolute Gasteiger partial charge is 0.325 e. The van der Waals surface area contributed by atoms with Crippen molar-refractivity contribution in [3.05, 3.63) is 71.0 Å². The first-order valence-corrected chi connectivity index (χ1v) is 11.0. The van der Waals surface area contributed by atoms with E-state index < -0.39 is 0 Å². The Bertz CT molecular complexity index is 943. The molecular formula is C22H25ClN4OS. The molecule has 0 bridgehead atoms. The molecule has 0 fully saturated rings. The first kappa shape index (κ1) is 21.4. The van der Waals surface area contributed by atoms with Crippen LogP contribution in [0.15, 0.2) is 59.8 Å². The minimum absolute atomic E-state index is 0.0952. The number of anilines is 1. The van der Waals surface area contributed by atoms with Gasteiger partial charge in [-0.25, -0.2) is 0 Å². The Hall–Kier alpha value is -2.31. The quantitative estimate of drug-likeness (QED) is 0.481. The van der Waals surface area contributed by atoms with Gasteiger partial charge in [0.15, 0.2) is 5.16 Å². The van der Waals surface area contributed by atoms with E-state index in [1.165, 1.54) is 17.3 Å². The van der Waals surface area contributed by atoms with Crippen molar-refractivity contribution < 1.29 is 4.79 Å². The van der Waals surface area contributed by atoms with Gasteiger partial charge >= 0.3 is 0 Å². The van der Waals surface area contributed by atoms with Crippen molar-refractivity contribution in [1.29, 1.82) is 0 Å². The average Bonchev–Trinajstić information content (AvgIpc) is 3.06. The smallest absolute Gasteiger partial charge is 0.234 e. The number of carbonyl (C=O) groups excluding carboxylic acids is 1. The van der Waals surface area contributed by atoms with Gasteiger partial charge in [0.1, 0.15) is 5.82 Å². The Balaban J connectivity index is 1.63. The van der Waals surface area contributed by atoms with Crippen LogP contribution in [-0.2, 0) is 24.2 Å². The van der Waals surface area contributed by atoms with Crippen LogP contribution >= 0.6 is 23.4 Å². The summed E-state index contributed by atoms with van der Waals surface area (Å²) in [5.74, 6) is 1.59. The lowest BCUT2D eigenvalue weighted by Gasteiger charge is -2.12.